The molecule has 106 valence electrons. The van der Waals surface area contributed by atoms with Gasteiger partial charge in [-0.1, -0.05) is 26.8 Å². The molecule has 0 saturated heterocycles. The average molecular weight is 274 g/mol. The topological polar surface area (TPSA) is 48.1 Å². The Morgan fingerprint density at radius 1 is 1.20 bits per heavy atom. The van der Waals surface area contributed by atoms with Crippen LogP contribution in [0.5, 0.6) is 11.6 Å². The standard InChI is InChI=1S/C16H19FN2O/c1-16(2,3)14-7-11(10-18)8-15(19-14)20-13-6-4-5-12(17)9-13/h4-9H,10,18H2,1-3H3. The highest BCUT2D eigenvalue weighted by Crippen LogP contribution is 2.27. The minimum Gasteiger partial charge on any atom is -0.439 e. The van der Waals surface area contributed by atoms with Crippen LogP contribution in [-0.4, -0.2) is 4.98 Å². The first-order valence-electron chi connectivity index (χ1n) is 6.53. The maximum atomic E-state index is 13.2. The third kappa shape index (κ3) is 3.54. The molecule has 1 aromatic carbocycles. The molecule has 0 fully saturated rings. The molecule has 1 heterocycles. The van der Waals surface area contributed by atoms with Crippen LogP contribution in [0.3, 0.4) is 0 Å². The van der Waals surface area contributed by atoms with Gasteiger partial charge < -0.3 is 10.5 Å². The second-order valence-electron chi connectivity index (χ2n) is 5.71. The number of ether oxygens (including phenoxy) is 1. The van der Waals surface area contributed by atoms with Crippen LogP contribution in [0, 0.1) is 5.82 Å². The quantitative estimate of drug-likeness (QED) is 0.926. The van der Waals surface area contributed by atoms with Crippen molar-refractivity contribution in [1.29, 1.82) is 0 Å². The lowest BCUT2D eigenvalue weighted by Gasteiger charge is -2.19. The van der Waals surface area contributed by atoms with Crippen molar-refractivity contribution in [2.45, 2.75) is 32.7 Å². The molecule has 2 rings (SSSR count). The lowest BCUT2D eigenvalue weighted by Crippen LogP contribution is -2.15. The summed E-state index contributed by atoms with van der Waals surface area (Å²) in [5.41, 5.74) is 7.44. The van der Waals surface area contributed by atoms with Crippen LogP contribution in [0.25, 0.3) is 0 Å². The van der Waals surface area contributed by atoms with Crippen molar-refractivity contribution in [2.24, 2.45) is 5.73 Å². The number of hydrogen-bond acceptors (Lipinski definition) is 3. The summed E-state index contributed by atoms with van der Waals surface area (Å²) in [7, 11) is 0. The minimum absolute atomic E-state index is 0.106. The molecule has 2 N–H and O–H groups in total. The van der Waals surface area contributed by atoms with E-state index in [-0.39, 0.29) is 11.2 Å². The molecule has 0 aliphatic rings. The summed E-state index contributed by atoms with van der Waals surface area (Å²) >= 11 is 0. The van der Waals surface area contributed by atoms with Gasteiger partial charge in [-0.3, -0.25) is 0 Å². The van der Waals surface area contributed by atoms with Gasteiger partial charge in [0.05, 0.1) is 5.69 Å². The SMILES string of the molecule is CC(C)(C)c1cc(CN)cc(Oc2cccc(F)c2)n1. The summed E-state index contributed by atoms with van der Waals surface area (Å²) in [5.74, 6) is 0.517. The maximum absolute atomic E-state index is 13.2. The van der Waals surface area contributed by atoms with Crippen LogP contribution in [0.15, 0.2) is 36.4 Å². The summed E-state index contributed by atoms with van der Waals surface area (Å²) in [5, 5.41) is 0. The summed E-state index contributed by atoms with van der Waals surface area (Å²) in [4.78, 5) is 4.48. The highest BCUT2D eigenvalue weighted by atomic mass is 19.1. The van der Waals surface area contributed by atoms with Crippen molar-refractivity contribution >= 4 is 0 Å². The fourth-order valence-electron chi connectivity index (χ4n) is 1.76. The fourth-order valence-corrected chi connectivity index (χ4v) is 1.76. The zero-order chi connectivity index (χ0) is 14.8. The van der Waals surface area contributed by atoms with E-state index in [1.54, 1.807) is 18.2 Å². The van der Waals surface area contributed by atoms with Gasteiger partial charge in [-0.25, -0.2) is 9.37 Å². The van der Waals surface area contributed by atoms with Crippen LogP contribution in [0.4, 0.5) is 4.39 Å². The van der Waals surface area contributed by atoms with E-state index < -0.39 is 0 Å². The van der Waals surface area contributed by atoms with Gasteiger partial charge in [0.2, 0.25) is 5.88 Å². The number of halogens is 1. The Morgan fingerprint density at radius 3 is 2.55 bits per heavy atom. The molecule has 3 nitrogen and oxygen atoms in total. The first-order chi connectivity index (χ1) is 9.38. The van der Waals surface area contributed by atoms with Gasteiger partial charge in [-0.05, 0) is 23.8 Å². The molecular formula is C16H19FN2O. The molecule has 2 aromatic rings. The lowest BCUT2D eigenvalue weighted by molar-refractivity contribution is 0.447. The fraction of sp³-hybridized carbons (Fsp3) is 0.312. The number of nitrogens with two attached hydrogens (primary N) is 1. The molecular weight excluding hydrogens is 255 g/mol. The van der Waals surface area contributed by atoms with Gasteiger partial charge in [0.25, 0.3) is 0 Å². The number of benzene rings is 1. The predicted molar refractivity (Wildman–Crippen MR) is 77.3 cm³/mol. The van der Waals surface area contributed by atoms with Crippen molar-refractivity contribution in [2.75, 3.05) is 0 Å². The van der Waals surface area contributed by atoms with Crippen LogP contribution in [0.2, 0.25) is 0 Å². The summed E-state index contributed by atoms with van der Waals surface area (Å²) in [6.07, 6.45) is 0. The lowest BCUT2D eigenvalue weighted by atomic mass is 9.91. The van der Waals surface area contributed by atoms with Crippen molar-refractivity contribution in [1.82, 2.24) is 4.98 Å². The molecule has 0 spiro atoms. The Labute approximate surface area is 118 Å². The van der Waals surface area contributed by atoms with Gasteiger partial charge in [-0.2, -0.15) is 0 Å². The van der Waals surface area contributed by atoms with Crippen molar-refractivity contribution < 1.29 is 9.13 Å². The monoisotopic (exact) mass is 274 g/mol. The first-order valence-corrected chi connectivity index (χ1v) is 6.53. The zero-order valence-electron chi connectivity index (χ0n) is 12.0. The van der Waals surface area contributed by atoms with E-state index in [0.29, 0.717) is 18.2 Å². The molecule has 0 unspecified atom stereocenters. The number of rotatable bonds is 3. The van der Waals surface area contributed by atoms with Gasteiger partial charge >= 0.3 is 0 Å². The van der Waals surface area contributed by atoms with Gasteiger partial charge in [0.15, 0.2) is 0 Å². The van der Waals surface area contributed by atoms with E-state index in [9.17, 15) is 4.39 Å². The Hall–Kier alpha value is -1.94. The largest absolute Gasteiger partial charge is 0.439 e. The summed E-state index contributed by atoms with van der Waals surface area (Å²) < 4.78 is 18.8. The van der Waals surface area contributed by atoms with Crippen molar-refractivity contribution in [3.05, 3.63) is 53.5 Å². The van der Waals surface area contributed by atoms with E-state index in [2.05, 4.69) is 25.8 Å². The molecule has 0 saturated carbocycles. The Morgan fingerprint density at radius 2 is 1.95 bits per heavy atom. The minimum atomic E-state index is -0.339. The predicted octanol–water partition coefficient (Wildman–Crippen LogP) is 3.77. The second kappa shape index (κ2) is 5.59. The Kier molecular flexibility index (Phi) is 4.04. The molecule has 4 heteroatoms. The van der Waals surface area contributed by atoms with Gasteiger partial charge in [-0.15, -0.1) is 0 Å². The van der Waals surface area contributed by atoms with Gasteiger partial charge in [0.1, 0.15) is 11.6 Å². The molecule has 0 atom stereocenters. The van der Waals surface area contributed by atoms with E-state index in [1.165, 1.54) is 12.1 Å². The molecule has 0 aliphatic carbocycles. The molecule has 20 heavy (non-hydrogen) atoms. The number of aromatic nitrogens is 1. The Balaban J connectivity index is 2.36. The molecule has 0 amide bonds. The van der Waals surface area contributed by atoms with E-state index >= 15 is 0 Å². The third-order valence-corrected chi connectivity index (χ3v) is 2.88. The number of pyridine rings is 1. The second-order valence-corrected chi connectivity index (χ2v) is 5.71. The first kappa shape index (κ1) is 14.5. The van der Waals surface area contributed by atoms with Crippen LogP contribution < -0.4 is 10.5 Å². The highest BCUT2D eigenvalue weighted by molar-refractivity contribution is 5.32. The van der Waals surface area contributed by atoms with Gasteiger partial charge in [0, 0.05) is 24.1 Å². The zero-order valence-corrected chi connectivity index (χ0v) is 12.0. The molecule has 1 aromatic heterocycles. The van der Waals surface area contributed by atoms with Crippen molar-refractivity contribution in [3.8, 4) is 11.6 Å². The van der Waals surface area contributed by atoms with E-state index in [4.69, 9.17) is 10.5 Å². The van der Waals surface area contributed by atoms with Crippen LogP contribution in [-0.2, 0) is 12.0 Å². The third-order valence-electron chi connectivity index (χ3n) is 2.88. The molecule has 0 radical (unpaired) electrons. The van der Waals surface area contributed by atoms with Crippen LogP contribution >= 0.6 is 0 Å². The van der Waals surface area contributed by atoms with Crippen molar-refractivity contribution in [3.63, 3.8) is 0 Å². The average Bonchev–Trinajstić information content (AvgIpc) is 2.37. The highest BCUT2D eigenvalue weighted by Gasteiger charge is 2.17. The maximum Gasteiger partial charge on any atom is 0.219 e. The number of nitrogens with zero attached hydrogens (tertiary/aromatic N) is 1. The van der Waals surface area contributed by atoms with E-state index in [1.807, 2.05) is 6.07 Å². The van der Waals surface area contributed by atoms with Crippen LogP contribution in [0.1, 0.15) is 32.0 Å². The summed E-state index contributed by atoms with van der Waals surface area (Å²) in [6.45, 7) is 6.62. The number of hydrogen-bond donors (Lipinski definition) is 1. The van der Waals surface area contributed by atoms with E-state index in [0.717, 1.165) is 11.3 Å². The molecule has 0 bridgehead atoms. The Bertz CT molecular complexity index is 606. The smallest absolute Gasteiger partial charge is 0.219 e. The molecule has 0 aliphatic heterocycles. The summed E-state index contributed by atoms with van der Waals surface area (Å²) in [6, 6.07) is 9.74. The normalized spacial score (nSPS) is 11.4.